The summed E-state index contributed by atoms with van der Waals surface area (Å²) < 4.78 is 11.1. The minimum atomic E-state index is -0.0191. The highest BCUT2D eigenvalue weighted by molar-refractivity contribution is 14.0. The molecule has 0 fully saturated rings. The van der Waals surface area contributed by atoms with Gasteiger partial charge in [0, 0.05) is 19.2 Å². The van der Waals surface area contributed by atoms with E-state index in [1.165, 1.54) is 0 Å². The Morgan fingerprint density at radius 2 is 1.96 bits per heavy atom. The molecule has 0 saturated carbocycles. The molecule has 2 N–H and O–H groups in total. The molecule has 0 bridgehead atoms. The first-order valence-electron chi connectivity index (χ1n) is 8.52. The lowest BCUT2D eigenvalue weighted by Crippen LogP contribution is -2.39. The van der Waals surface area contributed by atoms with Gasteiger partial charge in [0.15, 0.2) is 5.96 Å². The Balaban J connectivity index is 0.00000576. The molecule has 1 rings (SSSR count). The van der Waals surface area contributed by atoms with Crippen LogP contribution in [0.25, 0.3) is 0 Å². The molecule has 1 aromatic carbocycles. The number of methoxy groups -OCH3 is 1. The lowest BCUT2D eigenvalue weighted by Gasteiger charge is -2.16. The second kappa shape index (κ2) is 14.0. The first kappa shape index (κ1) is 23.8. The molecular formula is C18H33IN4O2. The van der Waals surface area contributed by atoms with E-state index in [2.05, 4.69) is 41.5 Å². The van der Waals surface area contributed by atoms with Gasteiger partial charge in [0.25, 0.3) is 0 Å². The summed E-state index contributed by atoms with van der Waals surface area (Å²) in [7, 11) is 5.81. The fourth-order valence-corrected chi connectivity index (χ4v) is 2.11. The zero-order chi connectivity index (χ0) is 17.8. The van der Waals surface area contributed by atoms with Crippen LogP contribution >= 0.6 is 24.0 Å². The van der Waals surface area contributed by atoms with Crippen molar-refractivity contribution in [1.29, 1.82) is 0 Å². The monoisotopic (exact) mass is 464 g/mol. The summed E-state index contributed by atoms with van der Waals surface area (Å²) in [6, 6.07) is 7.62. The van der Waals surface area contributed by atoms with Crippen LogP contribution in [0.2, 0.25) is 0 Å². The number of aliphatic imine (C=N–C) groups is 1. The van der Waals surface area contributed by atoms with Crippen LogP contribution in [0.15, 0.2) is 29.3 Å². The molecule has 0 aliphatic rings. The van der Waals surface area contributed by atoms with Gasteiger partial charge in [-0.2, -0.15) is 0 Å². The largest absolute Gasteiger partial charge is 0.497 e. The third-order valence-electron chi connectivity index (χ3n) is 3.30. The lowest BCUT2D eigenvalue weighted by atomic mass is 10.3. The molecule has 0 heterocycles. The first-order valence-corrected chi connectivity index (χ1v) is 8.52. The smallest absolute Gasteiger partial charge is 0.191 e. The summed E-state index contributed by atoms with van der Waals surface area (Å²) in [5, 5.41) is 6.61. The third-order valence-corrected chi connectivity index (χ3v) is 3.30. The molecule has 0 aliphatic heterocycles. The molecule has 1 atom stereocenters. The minimum Gasteiger partial charge on any atom is -0.497 e. The summed E-state index contributed by atoms with van der Waals surface area (Å²) in [6.45, 7) is 7.45. The highest BCUT2D eigenvalue weighted by Gasteiger charge is 2.05. The predicted molar refractivity (Wildman–Crippen MR) is 116 cm³/mol. The maximum atomic E-state index is 5.89. The Kier molecular flexibility index (Phi) is 13.3. The summed E-state index contributed by atoms with van der Waals surface area (Å²) in [5.41, 5.74) is 0. The molecule has 25 heavy (non-hydrogen) atoms. The molecule has 1 unspecified atom stereocenters. The zero-order valence-electron chi connectivity index (χ0n) is 16.0. The van der Waals surface area contributed by atoms with Crippen LogP contribution in [0, 0.1) is 0 Å². The second-order valence-electron chi connectivity index (χ2n) is 5.91. The van der Waals surface area contributed by atoms with Crippen molar-refractivity contribution in [1.82, 2.24) is 15.5 Å². The Hall–Kier alpha value is -1.22. The number of hydrogen-bond acceptors (Lipinski definition) is 4. The summed E-state index contributed by atoms with van der Waals surface area (Å²) in [6.07, 6.45) is 1.06. The van der Waals surface area contributed by atoms with E-state index >= 15 is 0 Å². The van der Waals surface area contributed by atoms with E-state index < -0.39 is 0 Å². The molecule has 0 aromatic heterocycles. The number of rotatable bonds is 10. The van der Waals surface area contributed by atoms with Crippen molar-refractivity contribution in [3.05, 3.63) is 24.3 Å². The first-order chi connectivity index (χ1) is 11.5. The molecule has 6 nitrogen and oxygen atoms in total. The van der Waals surface area contributed by atoms with Gasteiger partial charge >= 0.3 is 0 Å². The fraction of sp³-hybridized carbons (Fsp3) is 0.611. The number of ether oxygens (including phenoxy) is 2. The van der Waals surface area contributed by atoms with E-state index in [-0.39, 0.29) is 30.1 Å². The van der Waals surface area contributed by atoms with E-state index in [0.717, 1.165) is 43.5 Å². The summed E-state index contributed by atoms with van der Waals surface area (Å²) in [4.78, 5) is 6.77. The van der Waals surface area contributed by atoms with Crippen LogP contribution in [-0.2, 0) is 0 Å². The van der Waals surface area contributed by atoms with Crippen LogP contribution in [-0.4, -0.2) is 64.3 Å². The average molecular weight is 464 g/mol. The van der Waals surface area contributed by atoms with Gasteiger partial charge < -0.3 is 25.0 Å². The van der Waals surface area contributed by atoms with Crippen LogP contribution in [0.3, 0.4) is 0 Å². The van der Waals surface area contributed by atoms with Gasteiger partial charge in [0.2, 0.25) is 0 Å². The predicted octanol–water partition coefficient (Wildman–Crippen LogP) is 2.59. The Labute approximate surface area is 169 Å². The lowest BCUT2D eigenvalue weighted by molar-refractivity contribution is 0.229. The van der Waals surface area contributed by atoms with E-state index in [0.29, 0.717) is 6.54 Å². The molecule has 0 aliphatic carbocycles. The quantitative estimate of drug-likeness (QED) is 0.241. The van der Waals surface area contributed by atoms with E-state index in [1.807, 2.05) is 31.2 Å². The number of guanidine groups is 1. The van der Waals surface area contributed by atoms with Gasteiger partial charge in [-0.05, 0) is 53.0 Å². The maximum Gasteiger partial charge on any atom is 0.191 e. The SMILES string of the molecule is CCNC(=NCC(C)Oc1cccc(OC)c1)NCCCN(C)C.I. The molecule has 0 spiro atoms. The zero-order valence-corrected chi connectivity index (χ0v) is 18.4. The molecule has 7 heteroatoms. The summed E-state index contributed by atoms with van der Waals surface area (Å²) in [5.74, 6) is 2.41. The highest BCUT2D eigenvalue weighted by Crippen LogP contribution is 2.19. The van der Waals surface area contributed by atoms with Crippen molar-refractivity contribution in [2.45, 2.75) is 26.4 Å². The standard InChI is InChI=1S/C18H32N4O2.HI/c1-6-19-18(20-11-8-12-22(3)4)21-14-15(2)24-17-10-7-9-16(13-17)23-5;/h7,9-10,13,15H,6,8,11-12,14H2,1-5H3,(H2,19,20,21);1H. The number of nitrogens with zero attached hydrogens (tertiary/aromatic N) is 2. The van der Waals surface area contributed by atoms with Crippen LogP contribution < -0.4 is 20.1 Å². The second-order valence-corrected chi connectivity index (χ2v) is 5.91. The Morgan fingerprint density at radius 3 is 2.60 bits per heavy atom. The topological polar surface area (TPSA) is 58.1 Å². The van der Waals surface area contributed by atoms with Gasteiger partial charge in [0.05, 0.1) is 13.7 Å². The van der Waals surface area contributed by atoms with Gasteiger partial charge in [-0.3, -0.25) is 0 Å². The van der Waals surface area contributed by atoms with Crippen molar-refractivity contribution >= 4 is 29.9 Å². The minimum absolute atomic E-state index is 0. The van der Waals surface area contributed by atoms with E-state index in [1.54, 1.807) is 7.11 Å². The molecule has 0 saturated heterocycles. The third kappa shape index (κ3) is 11.1. The van der Waals surface area contributed by atoms with Gasteiger partial charge in [-0.1, -0.05) is 6.07 Å². The van der Waals surface area contributed by atoms with Crippen LogP contribution in [0.5, 0.6) is 11.5 Å². The average Bonchev–Trinajstić information content (AvgIpc) is 2.56. The number of nitrogens with one attached hydrogen (secondary N) is 2. The molecule has 0 radical (unpaired) electrons. The molecule has 1 aromatic rings. The van der Waals surface area contributed by atoms with Crippen LogP contribution in [0.1, 0.15) is 20.3 Å². The van der Waals surface area contributed by atoms with Gasteiger partial charge in [-0.25, -0.2) is 4.99 Å². The normalized spacial score (nSPS) is 12.3. The van der Waals surface area contributed by atoms with Crippen molar-refractivity contribution in [3.63, 3.8) is 0 Å². The number of hydrogen-bond donors (Lipinski definition) is 2. The number of benzene rings is 1. The Bertz CT molecular complexity index is 498. The fourth-order valence-electron chi connectivity index (χ4n) is 2.11. The van der Waals surface area contributed by atoms with E-state index in [4.69, 9.17) is 9.47 Å². The van der Waals surface area contributed by atoms with Gasteiger partial charge in [0.1, 0.15) is 17.6 Å². The summed E-state index contributed by atoms with van der Waals surface area (Å²) >= 11 is 0. The van der Waals surface area contributed by atoms with E-state index in [9.17, 15) is 0 Å². The van der Waals surface area contributed by atoms with Crippen molar-refractivity contribution in [3.8, 4) is 11.5 Å². The molecule has 144 valence electrons. The van der Waals surface area contributed by atoms with Gasteiger partial charge in [-0.15, -0.1) is 24.0 Å². The van der Waals surface area contributed by atoms with Crippen molar-refractivity contribution in [2.75, 3.05) is 47.4 Å². The molecule has 0 amide bonds. The Morgan fingerprint density at radius 1 is 1.24 bits per heavy atom. The highest BCUT2D eigenvalue weighted by atomic mass is 127. The van der Waals surface area contributed by atoms with Crippen molar-refractivity contribution in [2.24, 2.45) is 4.99 Å². The maximum absolute atomic E-state index is 5.89. The van der Waals surface area contributed by atoms with Crippen LogP contribution in [0.4, 0.5) is 0 Å². The number of halogens is 1. The molecular weight excluding hydrogens is 431 g/mol. The van der Waals surface area contributed by atoms with Crippen molar-refractivity contribution < 1.29 is 9.47 Å².